The van der Waals surface area contributed by atoms with E-state index in [9.17, 15) is 9.59 Å². The lowest BCUT2D eigenvalue weighted by Crippen LogP contribution is -2.46. The van der Waals surface area contributed by atoms with Gasteiger partial charge in [0, 0.05) is 16.6 Å². The Labute approximate surface area is 138 Å². The van der Waals surface area contributed by atoms with Gasteiger partial charge in [-0.2, -0.15) is 0 Å². The average molecular weight is 363 g/mol. The van der Waals surface area contributed by atoms with E-state index in [1.807, 2.05) is 18.2 Å². The Morgan fingerprint density at radius 3 is 2.45 bits per heavy atom. The van der Waals surface area contributed by atoms with Gasteiger partial charge < -0.3 is 0 Å². The minimum atomic E-state index is -0.385. The smallest absolute Gasteiger partial charge is 0.291 e. The molecule has 4 rings (SSSR count). The predicted molar refractivity (Wildman–Crippen MR) is 87.9 cm³/mol. The van der Waals surface area contributed by atoms with Gasteiger partial charge in [-0.3, -0.25) is 19.4 Å². The average Bonchev–Trinajstić information content (AvgIpc) is 3.14. The number of ketones is 1. The first-order valence-electron chi connectivity index (χ1n) is 8.07. The van der Waals surface area contributed by atoms with Crippen molar-refractivity contribution < 1.29 is 9.59 Å². The van der Waals surface area contributed by atoms with E-state index >= 15 is 0 Å². The molecule has 1 amide bonds. The molecule has 0 bridgehead atoms. The van der Waals surface area contributed by atoms with E-state index in [-0.39, 0.29) is 11.7 Å². The summed E-state index contributed by atoms with van der Waals surface area (Å²) in [7, 11) is 0. The number of carbonyl (C=O) groups is 2. The van der Waals surface area contributed by atoms with Crippen molar-refractivity contribution in [2.24, 2.45) is 0 Å². The highest BCUT2D eigenvalue weighted by Crippen LogP contribution is 2.38. The molecular weight excluding hydrogens is 344 g/mol. The third kappa shape index (κ3) is 2.31. The number of nitrogens with zero attached hydrogens (tertiary/aromatic N) is 2. The van der Waals surface area contributed by atoms with Crippen molar-refractivity contribution in [3.63, 3.8) is 0 Å². The number of rotatable bonds is 4. The second-order valence-corrected chi connectivity index (χ2v) is 7.38. The molecule has 5 heteroatoms. The topological polar surface area (TPSA) is 40.6 Å². The molecule has 2 fully saturated rings. The maximum absolute atomic E-state index is 12.4. The van der Waals surface area contributed by atoms with Crippen LogP contribution in [0.3, 0.4) is 0 Å². The summed E-state index contributed by atoms with van der Waals surface area (Å²) in [6.45, 7) is 0.559. The minimum Gasteiger partial charge on any atom is -0.291 e. The van der Waals surface area contributed by atoms with Crippen molar-refractivity contribution in [2.45, 2.75) is 50.6 Å². The quantitative estimate of drug-likeness (QED) is 0.771. The Kier molecular flexibility index (Phi) is 3.57. The van der Waals surface area contributed by atoms with Crippen LogP contribution < -0.4 is 4.90 Å². The number of hydrogen-bond acceptors (Lipinski definition) is 3. The Balaban J connectivity index is 1.63. The first-order chi connectivity index (χ1) is 10.7. The molecule has 4 nitrogen and oxygen atoms in total. The lowest BCUT2D eigenvalue weighted by atomic mass is 10.1. The largest absolute Gasteiger partial charge is 0.300 e. The highest BCUT2D eigenvalue weighted by Gasteiger charge is 2.42. The second kappa shape index (κ2) is 5.46. The summed E-state index contributed by atoms with van der Waals surface area (Å²) in [5.74, 6) is -0.768. The Bertz CT molecular complexity index is 636. The molecule has 0 atom stereocenters. The summed E-state index contributed by atoms with van der Waals surface area (Å²) in [5.41, 5.74) is 1.28. The molecule has 2 aliphatic carbocycles. The summed E-state index contributed by atoms with van der Waals surface area (Å²) in [4.78, 5) is 28.9. The van der Waals surface area contributed by atoms with Crippen LogP contribution in [0.5, 0.6) is 0 Å². The monoisotopic (exact) mass is 362 g/mol. The molecule has 1 aromatic carbocycles. The van der Waals surface area contributed by atoms with Gasteiger partial charge in [-0.05, 0) is 53.7 Å². The van der Waals surface area contributed by atoms with Crippen LogP contribution in [0.2, 0.25) is 0 Å². The van der Waals surface area contributed by atoms with Crippen molar-refractivity contribution in [1.82, 2.24) is 4.90 Å². The second-order valence-electron chi connectivity index (χ2n) is 6.52. The van der Waals surface area contributed by atoms with Gasteiger partial charge in [0.15, 0.2) is 0 Å². The molecule has 0 aromatic heterocycles. The highest BCUT2D eigenvalue weighted by atomic mass is 79.9. The van der Waals surface area contributed by atoms with Gasteiger partial charge in [0.05, 0.1) is 17.9 Å². The van der Waals surface area contributed by atoms with Crippen molar-refractivity contribution in [3.8, 4) is 0 Å². The summed E-state index contributed by atoms with van der Waals surface area (Å²) in [5, 5.41) is 0. The molecule has 0 saturated heterocycles. The molecule has 1 heterocycles. The van der Waals surface area contributed by atoms with E-state index in [0.717, 1.165) is 5.69 Å². The fraction of sp³-hybridized carbons (Fsp3) is 0.529. The predicted octanol–water partition coefficient (Wildman–Crippen LogP) is 3.34. The van der Waals surface area contributed by atoms with Gasteiger partial charge in [0.25, 0.3) is 5.78 Å². The molecule has 22 heavy (non-hydrogen) atoms. The molecule has 0 N–H and O–H groups in total. The van der Waals surface area contributed by atoms with Crippen molar-refractivity contribution in [2.75, 3.05) is 11.6 Å². The Hall–Kier alpha value is -1.20. The normalized spacial score (nSPS) is 22.0. The van der Waals surface area contributed by atoms with Crippen molar-refractivity contribution in [1.29, 1.82) is 0 Å². The van der Waals surface area contributed by atoms with Crippen molar-refractivity contribution >= 4 is 33.3 Å². The van der Waals surface area contributed by atoms with E-state index in [1.165, 1.54) is 38.5 Å². The van der Waals surface area contributed by atoms with E-state index in [2.05, 4.69) is 20.8 Å². The van der Waals surface area contributed by atoms with Gasteiger partial charge in [0.1, 0.15) is 0 Å². The maximum atomic E-state index is 12.4. The molecule has 0 unspecified atom stereocenters. The van der Waals surface area contributed by atoms with Crippen LogP contribution in [-0.2, 0) is 4.79 Å². The lowest BCUT2D eigenvalue weighted by molar-refractivity contribution is -0.114. The summed E-state index contributed by atoms with van der Waals surface area (Å²) < 4.78 is 0.713. The molecule has 0 radical (unpaired) electrons. The number of benzene rings is 1. The van der Waals surface area contributed by atoms with Crippen LogP contribution in [0.1, 0.15) is 48.9 Å². The molecule has 1 aromatic rings. The van der Waals surface area contributed by atoms with E-state index in [0.29, 0.717) is 28.8 Å². The Morgan fingerprint density at radius 1 is 1.09 bits per heavy atom. The van der Waals surface area contributed by atoms with Gasteiger partial charge >= 0.3 is 5.91 Å². The number of halogens is 1. The summed E-state index contributed by atoms with van der Waals surface area (Å²) in [6.07, 6.45) is 7.44. The number of carbonyl (C=O) groups excluding carboxylic acids is 2. The van der Waals surface area contributed by atoms with Crippen LogP contribution in [0.15, 0.2) is 22.7 Å². The third-order valence-corrected chi connectivity index (χ3v) is 5.72. The molecular formula is C17H19BrN2O2. The first-order valence-corrected chi connectivity index (χ1v) is 8.86. The lowest BCUT2D eigenvalue weighted by Gasteiger charge is -2.32. The van der Waals surface area contributed by atoms with E-state index < -0.39 is 0 Å². The molecule has 0 spiro atoms. The maximum Gasteiger partial charge on any atom is 0.300 e. The van der Waals surface area contributed by atoms with Gasteiger partial charge in [-0.25, -0.2) is 0 Å². The number of anilines is 1. The first kappa shape index (κ1) is 14.4. The highest BCUT2D eigenvalue weighted by molar-refractivity contribution is 9.10. The number of hydrogen-bond donors (Lipinski definition) is 0. The van der Waals surface area contributed by atoms with Crippen LogP contribution >= 0.6 is 15.9 Å². The van der Waals surface area contributed by atoms with Gasteiger partial charge in [0.2, 0.25) is 0 Å². The van der Waals surface area contributed by atoms with Crippen LogP contribution in [0.25, 0.3) is 0 Å². The van der Waals surface area contributed by atoms with Crippen molar-refractivity contribution in [3.05, 3.63) is 28.2 Å². The van der Waals surface area contributed by atoms with E-state index in [1.54, 1.807) is 4.90 Å². The van der Waals surface area contributed by atoms with Crippen LogP contribution in [-0.4, -0.2) is 35.3 Å². The zero-order valence-electron chi connectivity index (χ0n) is 12.4. The number of Topliss-reactive ketones (excluding diaryl/α,β-unsaturated/α-hetero) is 1. The molecule has 116 valence electrons. The Morgan fingerprint density at radius 2 is 1.77 bits per heavy atom. The van der Waals surface area contributed by atoms with Crippen LogP contribution in [0.4, 0.5) is 5.69 Å². The number of fused-ring (bicyclic) bond motifs is 1. The fourth-order valence-electron chi connectivity index (χ4n) is 3.78. The number of amides is 1. The standard InChI is InChI=1S/C17H19BrN2O2/c18-13-6-3-7-14-15(13)16(21)17(22)20(14)10-19(12-8-9-12)11-4-1-2-5-11/h3,6-7,11-12H,1-2,4-5,8-10H2. The van der Waals surface area contributed by atoms with Crippen LogP contribution in [0, 0.1) is 0 Å². The SMILES string of the molecule is O=C1C(=O)N(CN(C2CCCC2)C2CC2)c2cccc(Br)c21. The molecule has 2 saturated carbocycles. The fourth-order valence-corrected chi connectivity index (χ4v) is 4.31. The summed E-state index contributed by atoms with van der Waals surface area (Å²) >= 11 is 3.40. The van der Waals surface area contributed by atoms with E-state index in [4.69, 9.17) is 0 Å². The minimum absolute atomic E-state index is 0.384. The zero-order chi connectivity index (χ0) is 15.3. The summed E-state index contributed by atoms with van der Waals surface area (Å²) in [6, 6.07) is 6.76. The molecule has 3 aliphatic rings. The third-order valence-electron chi connectivity index (χ3n) is 5.06. The zero-order valence-corrected chi connectivity index (χ0v) is 14.0. The van der Waals surface area contributed by atoms with Gasteiger partial charge in [-0.1, -0.05) is 18.9 Å². The van der Waals surface area contributed by atoms with Gasteiger partial charge in [-0.15, -0.1) is 0 Å². The molecule has 1 aliphatic heterocycles.